The van der Waals surface area contributed by atoms with Gasteiger partial charge in [-0.1, -0.05) is 33.1 Å². The first-order valence-electron chi connectivity index (χ1n) is 8.93. The average molecular weight is 330 g/mol. The van der Waals surface area contributed by atoms with Gasteiger partial charge in [-0.15, -0.1) is 0 Å². The van der Waals surface area contributed by atoms with Gasteiger partial charge in [0.1, 0.15) is 11.6 Å². The van der Waals surface area contributed by atoms with Gasteiger partial charge in [-0.05, 0) is 45.3 Å². The number of carbonyl (C=O) groups is 1. The summed E-state index contributed by atoms with van der Waals surface area (Å²) in [5.41, 5.74) is 2.85. The highest BCUT2D eigenvalue weighted by atomic mass is 16.5. The first kappa shape index (κ1) is 20.0. The maximum Gasteiger partial charge on any atom is 0.349 e. The second-order valence-corrected chi connectivity index (χ2v) is 6.26. The largest absolute Gasteiger partial charge is 0.462 e. The van der Waals surface area contributed by atoms with Crippen LogP contribution in [0.4, 0.5) is 0 Å². The Morgan fingerprint density at radius 1 is 1.25 bits per heavy atom. The van der Waals surface area contributed by atoms with Crippen molar-refractivity contribution in [2.24, 2.45) is 5.92 Å². The van der Waals surface area contributed by atoms with E-state index < -0.39 is 5.97 Å². The molecule has 0 fully saturated rings. The molecule has 0 saturated carbocycles. The molecule has 1 atom stereocenters. The summed E-state index contributed by atoms with van der Waals surface area (Å²) < 4.78 is 4.98. The Hall–Kier alpha value is -2.02. The van der Waals surface area contributed by atoms with E-state index in [1.54, 1.807) is 6.92 Å². The number of unbranched alkanes of at least 4 members (excludes halogenated alkanes) is 1. The highest BCUT2D eigenvalue weighted by Gasteiger charge is 2.21. The molecule has 4 nitrogen and oxygen atoms in total. The zero-order chi connectivity index (χ0) is 18.1. The second kappa shape index (κ2) is 9.97. The van der Waals surface area contributed by atoms with Crippen LogP contribution in [0.15, 0.2) is 34.7 Å². The van der Waals surface area contributed by atoms with Gasteiger partial charge in [0.25, 0.3) is 0 Å². The summed E-state index contributed by atoms with van der Waals surface area (Å²) in [5, 5.41) is 9.31. The Morgan fingerprint density at radius 3 is 2.33 bits per heavy atom. The van der Waals surface area contributed by atoms with Crippen molar-refractivity contribution in [1.82, 2.24) is 4.90 Å². The fraction of sp³-hybridized carbons (Fsp3) is 0.600. The molecule has 0 spiro atoms. The van der Waals surface area contributed by atoms with Crippen LogP contribution in [0.25, 0.3) is 0 Å². The molecule has 0 aliphatic carbocycles. The highest BCUT2D eigenvalue weighted by molar-refractivity contribution is 5.95. The van der Waals surface area contributed by atoms with Crippen molar-refractivity contribution in [3.05, 3.63) is 34.7 Å². The molecule has 0 radical (unpaired) electrons. The van der Waals surface area contributed by atoms with Crippen LogP contribution in [0, 0.1) is 17.2 Å². The molecule has 1 rings (SSSR count). The molecular weight excluding hydrogens is 300 g/mol. The Kier molecular flexibility index (Phi) is 8.32. The van der Waals surface area contributed by atoms with Crippen molar-refractivity contribution in [1.29, 1.82) is 5.26 Å². The molecule has 1 aliphatic heterocycles. The predicted octanol–water partition coefficient (Wildman–Crippen LogP) is 4.71. The van der Waals surface area contributed by atoms with Gasteiger partial charge >= 0.3 is 5.97 Å². The minimum Gasteiger partial charge on any atom is -0.462 e. The number of rotatable bonds is 8. The summed E-state index contributed by atoms with van der Waals surface area (Å²) in [6.45, 7) is 11.5. The van der Waals surface area contributed by atoms with E-state index in [1.165, 1.54) is 19.3 Å². The van der Waals surface area contributed by atoms with Crippen LogP contribution in [0.5, 0.6) is 0 Å². The molecule has 132 valence electrons. The van der Waals surface area contributed by atoms with Crippen LogP contribution in [-0.2, 0) is 9.53 Å². The van der Waals surface area contributed by atoms with Crippen molar-refractivity contribution < 1.29 is 9.53 Å². The highest BCUT2D eigenvalue weighted by Crippen LogP contribution is 2.27. The summed E-state index contributed by atoms with van der Waals surface area (Å²) in [5.74, 6) is 0.105. The fourth-order valence-electron chi connectivity index (χ4n) is 2.96. The lowest BCUT2D eigenvalue weighted by Gasteiger charge is -2.33. The van der Waals surface area contributed by atoms with E-state index in [1.807, 2.05) is 32.1 Å². The molecule has 0 N–H and O–H groups in total. The second-order valence-electron chi connectivity index (χ2n) is 6.26. The number of nitrogens with zero attached hydrogens (tertiary/aromatic N) is 2. The smallest absolute Gasteiger partial charge is 0.349 e. The topological polar surface area (TPSA) is 53.3 Å². The van der Waals surface area contributed by atoms with Crippen LogP contribution >= 0.6 is 0 Å². The van der Waals surface area contributed by atoms with Crippen molar-refractivity contribution in [2.45, 2.75) is 60.3 Å². The maximum atomic E-state index is 11.9. The molecule has 1 unspecified atom stereocenters. The number of allylic oxidation sites excluding steroid dienone is 5. The predicted molar refractivity (Wildman–Crippen MR) is 96.8 cm³/mol. The van der Waals surface area contributed by atoms with E-state index in [4.69, 9.17) is 4.74 Å². The van der Waals surface area contributed by atoms with E-state index in [9.17, 15) is 10.1 Å². The van der Waals surface area contributed by atoms with Crippen molar-refractivity contribution in [3.63, 3.8) is 0 Å². The lowest BCUT2D eigenvalue weighted by molar-refractivity contribution is -0.138. The van der Waals surface area contributed by atoms with Crippen molar-refractivity contribution in [2.75, 3.05) is 13.2 Å². The number of nitriles is 1. The zero-order valence-electron chi connectivity index (χ0n) is 15.7. The Labute approximate surface area is 146 Å². The number of hydrogen-bond donors (Lipinski definition) is 0. The Morgan fingerprint density at radius 2 is 1.88 bits per heavy atom. The first-order valence-corrected chi connectivity index (χ1v) is 8.93. The molecule has 0 aromatic rings. The molecule has 0 bridgehead atoms. The van der Waals surface area contributed by atoms with Crippen LogP contribution in [0.2, 0.25) is 0 Å². The molecular formula is C20H30N2O2. The zero-order valence-corrected chi connectivity index (χ0v) is 15.7. The third-order valence-electron chi connectivity index (χ3n) is 4.44. The molecule has 0 aromatic carbocycles. The number of carbonyl (C=O) groups excluding carboxylic acids is 1. The standard InChI is InChI=1S/C20H30N2O2/c1-6-9-10-17(7-2)14-22-15(4)11-18(12-16(22)5)19(13-21)20(23)24-8-3/h11-12,17H,6-10,14H2,1-5H3. The van der Waals surface area contributed by atoms with E-state index in [2.05, 4.69) is 18.7 Å². The number of hydrogen-bond acceptors (Lipinski definition) is 4. The SMILES string of the molecule is CCCCC(CC)CN1C(C)=CC(=C(C#N)C(=O)OCC)C=C1C. The van der Waals surface area contributed by atoms with Gasteiger partial charge in [0, 0.05) is 23.5 Å². The summed E-state index contributed by atoms with van der Waals surface area (Å²) >= 11 is 0. The Balaban J connectivity index is 3.01. The molecule has 1 heterocycles. The van der Waals surface area contributed by atoms with Gasteiger partial charge in [0.15, 0.2) is 0 Å². The van der Waals surface area contributed by atoms with Gasteiger partial charge < -0.3 is 9.64 Å². The lowest BCUT2D eigenvalue weighted by Crippen LogP contribution is -2.28. The van der Waals surface area contributed by atoms with Gasteiger partial charge in [-0.2, -0.15) is 5.26 Å². The third-order valence-corrected chi connectivity index (χ3v) is 4.44. The van der Waals surface area contributed by atoms with E-state index in [0.29, 0.717) is 11.5 Å². The molecule has 0 saturated heterocycles. The monoisotopic (exact) mass is 330 g/mol. The molecule has 4 heteroatoms. The third kappa shape index (κ3) is 5.26. The normalized spacial score (nSPS) is 15.3. The van der Waals surface area contributed by atoms with Crippen LogP contribution in [0.3, 0.4) is 0 Å². The molecule has 0 aromatic heterocycles. The summed E-state index contributed by atoms with van der Waals surface area (Å²) in [7, 11) is 0. The van der Waals surface area contributed by atoms with Gasteiger partial charge in [-0.3, -0.25) is 0 Å². The van der Waals surface area contributed by atoms with Crippen LogP contribution in [0.1, 0.15) is 60.3 Å². The average Bonchev–Trinajstić information content (AvgIpc) is 2.54. The van der Waals surface area contributed by atoms with Gasteiger partial charge in [-0.25, -0.2) is 4.79 Å². The lowest BCUT2D eigenvalue weighted by atomic mass is 9.96. The molecule has 1 aliphatic rings. The van der Waals surface area contributed by atoms with Crippen molar-refractivity contribution >= 4 is 5.97 Å². The number of ether oxygens (including phenoxy) is 1. The summed E-state index contributed by atoms with van der Waals surface area (Å²) in [4.78, 5) is 14.2. The van der Waals surface area contributed by atoms with Crippen molar-refractivity contribution in [3.8, 4) is 6.07 Å². The summed E-state index contributed by atoms with van der Waals surface area (Å²) in [6, 6.07) is 1.99. The summed E-state index contributed by atoms with van der Waals surface area (Å²) in [6.07, 6.45) is 8.69. The van der Waals surface area contributed by atoms with Gasteiger partial charge in [0.05, 0.1) is 6.61 Å². The Bertz CT molecular complexity index is 557. The van der Waals surface area contributed by atoms with E-state index in [-0.39, 0.29) is 12.2 Å². The molecule has 0 amide bonds. The van der Waals surface area contributed by atoms with Crippen LogP contribution < -0.4 is 0 Å². The minimum atomic E-state index is -0.550. The molecule has 24 heavy (non-hydrogen) atoms. The number of esters is 1. The minimum absolute atomic E-state index is 0.0771. The van der Waals surface area contributed by atoms with E-state index in [0.717, 1.165) is 24.4 Å². The first-order chi connectivity index (χ1) is 11.5. The quantitative estimate of drug-likeness (QED) is 0.367. The van der Waals surface area contributed by atoms with E-state index >= 15 is 0 Å². The maximum absolute atomic E-state index is 11.9. The van der Waals surface area contributed by atoms with Gasteiger partial charge in [0.2, 0.25) is 0 Å². The van der Waals surface area contributed by atoms with Crippen LogP contribution in [-0.4, -0.2) is 24.0 Å². The fourth-order valence-corrected chi connectivity index (χ4v) is 2.96.